The van der Waals surface area contributed by atoms with Gasteiger partial charge in [-0.15, -0.1) is 0 Å². The molecule has 2 aromatic rings. The summed E-state index contributed by atoms with van der Waals surface area (Å²) in [6, 6.07) is 16.5. The second-order valence-corrected chi connectivity index (χ2v) is 5.28. The summed E-state index contributed by atoms with van der Waals surface area (Å²) in [5, 5.41) is 10.4. The second kappa shape index (κ2) is 3.44. The monoisotopic (exact) mass is 237 g/mol. The lowest BCUT2D eigenvalue weighted by Gasteiger charge is -2.47. The number of aliphatic hydroxyl groups is 1. The maximum absolute atomic E-state index is 10.4. The Hall–Kier alpha value is -1.64. The molecular formula is C16H15NO. The molecule has 5 rings (SSSR count). The Labute approximate surface area is 106 Å². The quantitative estimate of drug-likeness (QED) is 0.736. The molecule has 0 aromatic heterocycles. The lowest BCUT2D eigenvalue weighted by Crippen LogP contribution is -2.51. The number of aliphatic hydroxyl groups excluding tert-OH is 1. The van der Waals surface area contributed by atoms with Crippen molar-refractivity contribution in [2.45, 2.75) is 24.0 Å². The molecule has 2 nitrogen and oxygen atoms in total. The molecule has 0 fully saturated rings. The summed E-state index contributed by atoms with van der Waals surface area (Å²) in [6.07, 6.45) is -0.472. The molecule has 90 valence electrons. The molecule has 2 aromatic carbocycles. The van der Waals surface area contributed by atoms with Crippen LogP contribution in [0.4, 0.5) is 0 Å². The van der Waals surface area contributed by atoms with Crippen molar-refractivity contribution in [1.82, 2.24) is 0 Å². The SMILES string of the molecule is N[C@@H]1C2c3ccccc3C(c3ccccc32)[C@H]1O. The highest BCUT2D eigenvalue weighted by molar-refractivity contribution is 5.57. The van der Waals surface area contributed by atoms with E-state index in [1.54, 1.807) is 0 Å². The first-order valence-electron chi connectivity index (χ1n) is 6.40. The Morgan fingerprint density at radius 2 is 1.11 bits per heavy atom. The fraction of sp³-hybridized carbons (Fsp3) is 0.250. The third-order valence-electron chi connectivity index (χ3n) is 4.45. The average Bonchev–Trinajstić information content (AvgIpc) is 2.42. The molecule has 3 aliphatic rings. The van der Waals surface area contributed by atoms with E-state index in [1.807, 2.05) is 12.1 Å². The van der Waals surface area contributed by atoms with Crippen molar-refractivity contribution in [3.8, 4) is 0 Å². The Morgan fingerprint density at radius 1 is 0.722 bits per heavy atom. The van der Waals surface area contributed by atoms with Crippen LogP contribution in [-0.4, -0.2) is 17.3 Å². The van der Waals surface area contributed by atoms with Gasteiger partial charge in [0.1, 0.15) is 0 Å². The molecule has 0 heterocycles. The highest BCUT2D eigenvalue weighted by Crippen LogP contribution is 2.51. The van der Waals surface area contributed by atoms with Gasteiger partial charge in [0.15, 0.2) is 0 Å². The molecule has 3 N–H and O–H groups in total. The minimum absolute atomic E-state index is 0.0393. The van der Waals surface area contributed by atoms with Crippen LogP contribution in [0.3, 0.4) is 0 Å². The number of nitrogens with two attached hydrogens (primary N) is 1. The summed E-state index contributed by atoms with van der Waals surface area (Å²) >= 11 is 0. The molecule has 2 bridgehead atoms. The maximum Gasteiger partial charge on any atom is 0.0809 e. The van der Waals surface area contributed by atoms with Gasteiger partial charge in [0, 0.05) is 17.9 Å². The first kappa shape index (κ1) is 10.3. The Bertz CT molecular complexity index is 520. The van der Waals surface area contributed by atoms with E-state index in [-0.39, 0.29) is 17.9 Å². The molecule has 3 aliphatic carbocycles. The number of hydrogen-bond donors (Lipinski definition) is 2. The van der Waals surface area contributed by atoms with Crippen LogP contribution in [0, 0.1) is 0 Å². The molecule has 0 radical (unpaired) electrons. The van der Waals surface area contributed by atoms with Gasteiger partial charge in [-0.05, 0) is 22.3 Å². The van der Waals surface area contributed by atoms with Crippen LogP contribution in [0.5, 0.6) is 0 Å². The van der Waals surface area contributed by atoms with E-state index < -0.39 is 6.10 Å². The molecule has 2 atom stereocenters. The van der Waals surface area contributed by atoms with E-state index in [9.17, 15) is 5.11 Å². The molecular weight excluding hydrogens is 222 g/mol. The van der Waals surface area contributed by atoms with Crippen LogP contribution in [0.25, 0.3) is 0 Å². The summed E-state index contributed by atoms with van der Waals surface area (Å²) in [6.45, 7) is 0. The Morgan fingerprint density at radius 3 is 1.56 bits per heavy atom. The summed E-state index contributed by atoms with van der Waals surface area (Å²) in [4.78, 5) is 0. The highest BCUT2D eigenvalue weighted by atomic mass is 16.3. The minimum atomic E-state index is -0.472. The van der Waals surface area contributed by atoms with Crippen molar-refractivity contribution in [2.75, 3.05) is 0 Å². The van der Waals surface area contributed by atoms with Crippen LogP contribution in [0.15, 0.2) is 48.5 Å². The molecule has 2 heteroatoms. The minimum Gasteiger partial charge on any atom is -0.390 e. The van der Waals surface area contributed by atoms with E-state index in [0.29, 0.717) is 0 Å². The highest BCUT2D eigenvalue weighted by Gasteiger charge is 2.47. The zero-order valence-electron chi connectivity index (χ0n) is 9.95. The first-order valence-corrected chi connectivity index (χ1v) is 6.40. The van der Waals surface area contributed by atoms with Gasteiger partial charge < -0.3 is 10.8 Å². The molecule has 18 heavy (non-hydrogen) atoms. The fourth-order valence-corrected chi connectivity index (χ4v) is 3.69. The standard InChI is InChI=1S/C16H15NO/c17-15-13-9-5-1-3-7-11(9)14(16(15)18)12-8-4-2-6-10(12)13/h1-8,13-16,18H,17H2/t13?,14?,15-,16-/m1/s1. The normalized spacial score (nSPS) is 31.9. The van der Waals surface area contributed by atoms with Crippen molar-refractivity contribution in [2.24, 2.45) is 5.73 Å². The van der Waals surface area contributed by atoms with Gasteiger partial charge in [-0.1, -0.05) is 48.5 Å². The van der Waals surface area contributed by atoms with Crippen molar-refractivity contribution in [3.05, 3.63) is 70.8 Å². The number of hydrogen-bond acceptors (Lipinski definition) is 2. The molecule has 0 saturated carbocycles. The molecule has 0 unspecified atom stereocenters. The first-order chi connectivity index (χ1) is 8.79. The third-order valence-corrected chi connectivity index (χ3v) is 4.45. The van der Waals surface area contributed by atoms with Crippen LogP contribution in [0.1, 0.15) is 34.1 Å². The van der Waals surface area contributed by atoms with E-state index in [0.717, 1.165) is 0 Å². The van der Waals surface area contributed by atoms with Gasteiger partial charge >= 0.3 is 0 Å². The number of fused-ring (bicyclic) bond motifs is 1. The van der Waals surface area contributed by atoms with Crippen LogP contribution in [0.2, 0.25) is 0 Å². The Balaban J connectivity index is 2.06. The zero-order valence-corrected chi connectivity index (χ0v) is 9.95. The largest absolute Gasteiger partial charge is 0.390 e. The van der Waals surface area contributed by atoms with Gasteiger partial charge in [0.25, 0.3) is 0 Å². The lowest BCUT2D eigenvalue weighted by atomic mass is 9.60. The maximum atomic E-state index is 10.4. The van der Waals surface area contributed by atoms with Crippen LogP contribution < -0.4 is 5.73 Å². The van der Waals surface area contributed by atoms with Crippen molar-refractivity contribution >= 4 is 0 Å². The van der Waals surface area contributed by atoms with Crippen LogP contribution >= 0.6 is 0 Å². The van der Waals surface area contributed by atoms with Gasteiger partial charge in [-0.25, -0.2) is 0 Å². The average molecular weight is 237 g/mol. The zero-order chi connectivity index (χ0) is 12.3. The van der Waals surface area contributed by atoms with Crippen LogP contribution in [-0.2, 0) is 0 Å². The van der Waals surface area contributed by atoms with Gasteiger partial charge in [-0.2, -0.15) is 0 Å². The topological polar surface area (TPSA) is 46.2 Å². The molecule has 0 saturated heterocycles. The smallest absolute Gasteiger partial charge is 0.0809 e. The Kier molecular flexibility index (Phi) is 1.97. The summed E-state index contributed by atoms with van der Waals surface area (Å²) in [7, 11) is 0. The number of benzene rings is 2. The molecule has 0 aliphatic heterocycles. The van der Waals surface area contributed by atoms with E-state index >= 15 is 0 Å². The van der Waals surface area contributed by atoms with Gasteiger partial charge in [0.05, 0.1) is 6.10 Å². The predicted molar refractivity (Wildman–Crippen MR) is 70.6 cm³/mol. The predicted octanol–water partition coefficient (Wildman–Crippen LogP) is 1.97. The lowest BCUT2D eigenvalue weighted by molar-refractivity contribution is 0.102. The second-order valence-electron chi connectivity index (χ2n) is 5.28. The van der Waals surface area contributed by atoms with E-state index in [4.69, 9.17) is 5.73 Å². The van der Waals surface area contributed by atoms with E-state index in [2.05, 4.69) is 36.4 Å². The number of rotatable bonds is 0. The fourth-order valence-electron chi connectivity index (χ4n) is 3.69. The van der Waals surface area contributed by atoms with Crippen molar-refractivity contribution < 1.29 is 5.11 Å². The van der Waals surface area contributed by atoms with Crippen molar-refractivity contribution in [3.63, 3.8) is 0 Å². The molecule has 0 spiro atoms. The van der Waals surface area contributed by atoms with Gasteiger partial charge in [0.2, 0.25) is 0 Å². The summed E-state index contributed by atoms with van der Waals surface area (Å²) in [5.41, 5.74) is 11.3. The molecule has 0 amide bonds. The van der Waals surface area contributed by atoms with Gasteiger partial charge in [-0.3, -0.25) is 0 Å². The third kappa shape index (κ3) is 1.10. The van der Waals surface area contributed by atoms with E-state index in [1.165, 1.54) is 22.3 Å². The van der Waals surface area contributed by atoms with Crippen molar-refractivity contribution in [1.29, 1.82) is 0 Å². The summed E-state index contributed by atoms with van der Waals surface area (Å²) < 4.78 is 0. The summed E-state index contributed by atoms with van der Waals surface area (Å²) in [5.74, 6) is 0.176.